The third-order valence-electron chi connectivity index (χ3n) is 7.64. The summed E-state index contributed by atoms with van der Waals surface area (Å²) in [5.41, 5.74) is 11.8. The highest BCUT2D eigenvalue weighted by molar-refractivity contribution is 14.1. The second kappa shape index (κ2) is 16.8. The van der Waals surface area contributed by atoms with Crippen LogP contribution in [0, 0.1) is 34.8 Å². The molecule has 0 atom stereocenters. The number of aromatic hydroxyl groups is 1. The lowest BCUT2D eigenvalue weighted by atomic mass is 9.91. The first-order chi connectivity index (χ1) is 20.9. The minimum absolute atomic E-state index is 0.0744. The van der Waals surface area contributed by atoms with E-state index in [1.807, 2.05) is 52.0 Å². The molecule has 5 rings (SSSR count). The number of aryl methyl sites for hydroxylation is 4. The number of aromatic nitrogens is 2. The first kappa shape index (κ1) is 36.0. The lowest BCUT2D eigenvalue weighted by Crippen LogP contribution is -2.37. The van der Waals surface area contributed by atoms with Crippen molar-refractivity contribution in [1.82, 2.24) is 20.2 Å². The van der Waals surface area contributed by atoms with Crippen molar-refractivity contribution in [2.24, 2.45) is 0 Å². The molecule has 0 radical (unpaired) electrons. The molecule has 10 nitrogen and oxygen atoms in total. The van der Waals surface area contributed by atoms with Crippen molar-refractivity contribution in [3.8, 4) is 17.0 Å². The van der Waals surface area contributed by atoms with Gasteiger partial charge < -0.3 is 14.6 Å². The Kier molecular flexibility index (Phi) is 13.7. The van der Waals surface area contributed by atoms with E-state index < -0.39 is 17.9 Å². The van der Waals surface area contributed by atoms with E-state index in [-0.39, 0.29) is 11.4 Å². The largest absolute Gasteiger partial charge is 0.493 e. The molecule has 0 saturated carbocycles. The second-order valence-electron chi connectivity index (χ2n) is 10.9. The number of methoxy groups -OCH3 is 2. The molecular weight excluding hydrogens is 790 g/mol. The number of carbonyl (C=O) groups excluding carboxylic acids is 2. The number of hydrogen-bond acceptors (Lipinski definition) is 8. The molecule has 1 aromatic heterocycles. The molecule has 3 heterocycles. The van der Waals surface area contributed by atoms with Gasteiger partial charge in [-0.25, -0.2) is 4.68 Å². The van der Waals surface area contributed by atoms with Crippen molar-refractivity contribution >= 4 is 57.1 Å². The Bertz CT molecular complexity index is 1470. The molecule has 12 heteroatoms. The molecule has 1 saturated heterocycles. The Morgan fingerprint density at radius 2 is 1.18 bits per heavy atom. The van der Waals surface area contributed by atoms with Crippen molar-refractivity contribution < 1.29 is 24.2 Å². The third kappa shape index (κ3) is 8.63. The molecule has 240 valence electrons. The van der Waals surface area contributed by atoms with Gasteiger partial charge in [-0.15, -0.1) is 0 Å². The van der Waals surface area contributed by atoms with Gasteiger partial charge in [0.25, 0.3) is 5.56 Å². The molecule has 0 bridgehead atoms. The maximum Gasteiger partial charge on any atom is 0.324 e. The highest BCUT2D eigenvalue weighted by atomic mass is 127. The molecule has 0 aliphatic carbocycles. The third-order valence-corrected chi connectivity index (χ3v) is 8.89. The van der Waals surface area contributed by atoms with Gasteiger partial charge in [-0.1, -0.05) is 0 Å². The van der Waals surface area contributed by atoms with Crippen molar-refractivity contribution in [2.75, 3.05) is 27.3 Å². The fourth-order valence-corrected chi connectivity index (χ4v) is 7.49. The zero-order valence-corrected chi connectivity index (χ0v) is 30.5. The minimum Gasteiger partial charge on any atom is -0.493 e. The number of rotatable bonds is 4. The monoisotopic (exact) mass is 832 g/mol. The van der Waals surface area contributed by atoms with Crippen molar-refractivity contribution in [3.63, 3.8) is 0 Å². The molecule has 2 aliphatic heterocycles. The number of nitrogens with one attached hydrogen (secondary N) is 2. The molecule has 2 aliphatic rings. The van der Waals surface area contributed by atoms with Crippen LogP contribution < -0.4 is 16.4 Å². The van der Waals surface area contributed by atoms with Crippen LogP contribution in [0.3, 0.4) is 0 Å². The van der Waals surface area contributed by atoms with Crippen LogP contribution in [0.1, 0.15) is 59.4 Å². The SMILES string of the molecule is C1CCNNC1.COC(=O)C(C(=O)OC)c1c(C)cc(I)cc1C.Cc1cc(I)cc(C)c1-c1c(O)n2n(c1=O)CCCC2. The lowest BCUT2D eigenvalue weighted by Gasteiger charge is -2.18. The number of hydrogen-bond donors (Lipinski definition) is 3. The van der Waals surface area contributed by atoms with Crippen molar-refractivity contribution in [3.05, 3.63) is 69.6 Å². The average molecular weight is 833 g/mol. The summed E-state index contributed by atoms with van der Waals surface area (Å²) in [6, 6.07) is 7.93. The van der Waals surface area contributed by atoms with E-state index in [4.69, 9.17) is 0 Å². The fourth-order valence-electron chi connectivity index (χ4n) is 5.62. The highest BCUT2D eigenvalue weighted by Crippen LogP contribution is 2.34. The van der Waals surface area contributed by atoms with Crippen molar-refractivity contribution in [1.29, 1.82) is 0 Å². The van der Waals surface area contributed by atoms with Gasteiger partial charge in [0.15, 0.2) is 5.92 Å². The standard InChI is InChI=1S/C15H17IN2O2.C13H15IO4.C4H10N2/c1-9-7-11(16)8-10(2)12(9)13-14(19)17-5-3-4-6-18(17)15(13)20;1-7-5-9(14)6-8(2)10(7)11(12(15)17-3)13(16)18-4;1-2-4-6-5-3-1/h7-8,19H,3-6H2,1-2H3;5-6,11H,1-4H3;5-6H,1-4H2. The number of halogens is 2. The summed E-state index contributed by atoms with van der Waals surface area (Å²) in [6.07, 6.45) is 4.65. The minimum atomic E-state index is -1.02. The van der Waals surface area contributed by atoms with E-state index in [1.54, 1.807) is 9.36 Å². The van der Waals surface area contributed by atoms with E-state index in [0.29, 0.717) is 24.2 Å². The normalized spacial score (nSPS) is 14.0. The number of benzene rings is 2. The molecule has 3 N–H and O–H groups in total. The Morgan fingerprint density at radius 1 is 0.750 bits per heavy atom. The summed E-state index contributed by atoms with van der Waals surface area (Å²) in [5.74, 6) is -2.11. The van der Waals surface area contributed by atoms with Gasteiger partial charge in [-0.3, -0.25) is 29.9 Å². The smallest absolute Gasteiger partial charge is 0.324 e. The maximum atomic E-state index is 12.6. The molecule has 3 aromatic rings. The van der Waals surface area contributed by atoms with Crippen molar-refractivity contribution in [2.45, 2.75) is 72.4 Å². The van der Waals surface area contributed by atoms with Gasteiger partial charge >= 0.3 is 11.9 Å². The van der Waals surface area contributed by atoms with Gasteiger partial charge in [0.2, 0.25) is 5.88 Å². The van der Waals surface area contributed by atoms with Crippen LogP contribution in [0.2, 0.25) is 0 Å². The van der Waals surface area contributed by atoms with E-state index >= 15 is 0 Å². The summed E-state index contributed by atoms with van der Waals surface area (Å²) in [6.45, 7) is 11.4. The van der Waals surface area contributed by atoms with Gasteiger partial charge in [0.05, 0.1) is 14.2 Å². The zero-order valence-electron chi connectivity index (χ0n) is 26.2. The Labute approximate surface area is 286 Å². The summed E-state index contributed by atoms with van der Waals surface area (Å²) >= 11 is 4.46. The number of hydrazine groups is 1. The van der Waals surface area contributed by atoms with Crippen LogP contribution in [0.5, 0.6) is 5.88 Å². The molecule has 44 heavy (non-hydrogen) atoms. The molecular formula is C32H42I2N4O6. The second-order valence-corrected chi connectivity index (χ2v) is 13.4. The van der Waals surface area contributed by atoms with Crippen LogP contribution in [-0.2, 0) is 32.2 Å². The van der Waals surface area contributed by atoms with Gasteiger partial charge in [0, 0.05) is 33.3 Å². The predicted octanol–water partition coefficient (Wildman–Crippen LogP) is 5.25. The maximum absolute atomic E-state index is 12.6. The fraction of sp³-hybridized carbons (Fsp3) is 0.469. The van der Waals surface area contributed by atoms with Gasteiger partial charge in [-0.2, -0.15) is 0 Å². The topological polar surface area (TPSA) is 124 Å². The zero-order chi connectivity index (χ0) is 32.6. The summed E-state index contributed by atoms with van der Waals surface area (Å²) in [5, 5.41) is 10.5. The Morgan fingerprint density at radius 3 is 1.57 bits per heavy atom. The quantitative estimate of drug-likeness (QED) is 0.185. The van der Waals surface area contributed by atoms with Crippen LogP contribution in [0.4, 0.5) is 0 Å². The van der Waals surface area contributed by atoms with E-state index in [9.17, 15) is 19.5 Å². The van der Waals surface area contributed by atoms with E-state index in [2.05, 4.69) is 65.5 Å². The number of carbonyl (C=O) groups is 2. The van der Waals surface area contributed by atoms with E-state index in [0.717, 1.165) is 60.9 Å². The average Bonchev–Trinajstić information content (AvgIpc) is 3.24. The Hall–Kier alpha value is -2.43. The van der Waals surface area contributed by atoms with Crippen LogP contribution in [0.15, 0.2) is 29.1 Å². The number of ether oxygens (including phenoxy) is 2. The molecule has 0 unspecified atom stereocenters. The predicted molar refractivity (Wildman–Crippen MR) is 188 cm³/mol. The van der Waals surface area contributed by atoms with Gasteiger partial charge in [-0.05, 0) is 156 Å². The Balaban J connectivity index is 0.000000203. The summed E-state index contributed by atoms with van der Waals surface area (Å²) < 4.78 is 15.0. The molecule has 1 fully saturated rings. The number of nitrogens with zero attached hydrogens (tertiary/aromatic N) is 2. The number of esters is 2. The highest BCUT2D eigenvalue weighted by Gasteiger charge is 2.33. The van der Waals surface area contributed by atoms with Crippen LogP contribution >= 0.6 is 45.2 Å². The summed E-state index contributed by atoms with van der Waals surface area (Å²) in [4.78, 5) is 36.2. The first-order valence-corrected chi connectivity index (χ1v) is 16.8. The molecule has 2 aromatic carbocycles. The van der Waals surface area contributed by atoms with Gasteiger partial charge in [0.1, 0.15) is 5.56 Å². The van der Waals surface area contributed by atoms with E-state index in [1.165, 1.54) is 27.1 Å². The molecule has 0 amide bonds. The van der Waals surface area contributed by atoms with Crippen LogP contribution in [0.25, 0.3) is 11.1 Å². The summed E-state index contributed by atoms with van der Waals surface area (Å²) in [7, 11) is 2.52. The lowest BCUT2D eigenvalue weighted by molar-refractivity contribution is -0.154. The van der Waals surface area contributed by atoms with Crippen LogP contribution in [-0.4, -0.2) is 53.7 Å². The molecule has 0 spiro atoms. The first-order valence-electron chi connectivity index (χ1n) is 14.6. The number of fused-ring (bicyclic) bond motifs is 1.